The van der Waals surface area contributed by atoms with Crippen LogP contribution in [-0.4, -0.2) is 42.5 Å². The van der Waals surface area contributed by atoms with Gasteiger partial charge in [-0.25, -0.2) is 4.79 Å². The lowest BCUT2D eigenvalue weighted by Crippen LogP contribution is -2.33. The van der Waals surface area contributed by atoms with Gasteiger partial charge in [0.05, 0.1) is 32.0 Å². The molecule has 0 spiro atoms. The minimum atomic E-state index is -0.926. The zero-order chi connectivity index (χ0) is 14.3. The molecule has 0 aromatic rings. The lowest BCUT2D eigenvalue weighted by molar-refractivity contribution is -0.145. The van der Waals surface area contributed by atoms with Crippen LogP contribution in [0.2, 0.25) is 0 Å². The highest BCUT2D eigenvalue weighted by Crippen LogP contribution is 2.23. The first-order valence-corrected chi connectivity index (χ1v) is 6.30. The molecule has 1 heterocycles. The van der Waals surface area contributed by atoms with Gasteiger partial charge in [0, 0.05) is 0 Å². The van der Waals surface area contributed by atoms with Crippen LogP contribution >= 0.6 is 0 Å². The number of rotatable bonds is 5. The smallest absolute Gasteiger partial charge is 0.333 e. The van der Waals surface area contributed by atoms with Gasteiger partial charge in [-0.3, -0.25) is 4.79 Å². The first-order valence-electron chi connectivity index (χ1n) is 6.30. The quantitative estimate of drug-likeness (QED) is 0.464. The summed E-state index contributed by atoms with van der Waals surface area (Å²) >= 11 is 0. The number of carboxylic acid groups (broad SMARTS) is 1. The van der Waals surface area contributed by atoms with E-state index in [-0.39, 0.29) is 18.6 Å². The summed E-state index contributed by atoms with van der Waals surface area (Å²) in [5.41, 5.74) is 0. The maximum Gasteiger partial charge on any atom is 0.333 e. The molecule has 0 saturated carbocycles. The van der Waals surface area contributed by atoms with Crippen molar-refractivity contribution in [2.24, 2.45) is 0 Å². The van der Waals surface area contributed by atoms with Gasteiger partial charge in [0.15, 0.2) is 0 Å². The van der Waals surface area contributed by atoms with Crippen molar-refractivity contribution in [3.05, 3.63) is 12.3 Å². The Balaban J connectivity index is 2.61. The minimum Gasteiger partial charge on any atom is -0.495 e. The molecule has 0 bridgehead atoms. The molecule has 1 fully saturated rings. The molecular weight excluding hydrogens is 252 g/mol. The zero-order valence-corrected chi connectivity index (χ0v) is 11.2. The van der Waals surface area contributed by atoms with E-state index in [1.165, 1.54) is 13.4 Å². The van der Waals surface area contributed by atoms with E-state index in [0.717, 1.165) is 18.9 Å². The van der Waals surface area contributed by atoms with Crippen LogP contribution in [0.5, 0.6) is 0 Å². The Bertz CT molecular complexity index is 338. The van der Waals surface area contributed by atoms with E-state index in [4.69, 9.17) is 14.6 Å². The summed E-state index contributed by atoms with van der Waals surface area (Å²) in [5, 5.41) is 8.89. The average molecular weight is 272 g/mol. The van der Waals surface area contributed by atoms with Crippen molar-refractivity contribution in [3.8, 4) is 0 Å². The van der Waals surface area contributed by atoms with Crippen LogP contribution in [0.15, 0.2) is 12.3 Å². The van der Waals surface area contributed by atoms with Gasteiger partial charge >= 0.3 is 11.9 Å². The lowest BCUT2D eigenvalue weighted by atomic mass is 10.1. The van der Waals surface area contributed by atoms with Crippen molar-refractivity contribution < 1.29 is 28.9 Å². The van der Waals surface area contributed by atoms with Gasteiger partial charge < -0.3 is 19.3 Å². The fourth-order valence-electron chi connectivity index (χ4n) is 2.02. The number of hydrogen-bond acceptors (Lipinski definition) is 5. The molecule has 6 nitrogen and oxygen atoms in total. The maximum atomic E-state index is 10.9. The number of carbonyl (C=O) groups excluding carboxylic acids is 1. The van der Waals surface area contributed by atoms with E-state index in [0.29, 0.717) is 6.42 Å². The van der Waals surface area contributed by atoms with Gasteiger partial charge in [-0.2, -0.15) is 0 Å². The summed E-state index contributed by atoms with van der Waals surface area (Å²) in [6.07, 6.45) is 3.91. The normalized spacial score (nSPS) is 27.8. The molecular formula is C13H20O6. The van der Waals surface area contributed by atoms with E-state index < -0.39 is 18.0 Å². The number of methoxy groups -OCH3 is 1. The molecule has 108 valence electrons. The molecule has 0 aliphatic carbocycles. The SMILES string of the molecule is COC(=O)/C=C/O[C@H]1CCC[C@H](C)O[C@@H]1CC(=O)O. The van der Waals surface area contributed by atoms with Crippen LogP contribution in [0.25, 0.3) is 0 Å². The van der Waals surface area contributed by atoms with Gasteiger partial charge in [0.25, 0.3) is 0 Å². The van der Waals surface area contributed by atoms with E-state index in [1.807, 2.05) is 6.92 Å². The molecule has 1 rings (SSSR count). The summed E-state index contributed by atoms with van der Waals surface area (Å²) in [5.74, 6) is -1.44. The van der Waals surface area contributed by atoms with Crippen molar-refractivity contribution in [3.63, 3.8) is 0 Å². The Hall–Kier alpha value is -1.56. The third-order valence-electron chi connectivity index (χ3n) is 2.96. The summed E-state index contributed by atoms with van der Waals surface area (Å²) in [6.45, 7) is 1.92. The van der Waals surface area contributed by atoms with Gasteiger partial charge in [0.2, 0.25) is 0 Å². The fourth-order valence-corrected chi connectivity index (χ4v) is 2.02. The predicted octanol–water partition coefficient (Wildman–Crippen LogP) is 1.49. The number of hydrogen-bond donors (Lipinski definition) is 1. The van der Waals surface area contributed by atoms with Crippen molar-refractivity contribution in [2.75, 3.05) is 7.11 Å². The number of carbonyl (C=O) groups is 2. The molecule has 0 unspecified atom stereocenters. The number of esters is 1. The molecule has 0 aromatic carbocycles. The first kappa shape index (κ1) is 15.5. The van der Waals surface area contributed by atoms with Crippen molar-refractivity contribution >= 4 is 11.9 Å². The predicted molar refractivity (Wildman–Crippen MR) is 66.5 cm³/mol. The van der Waals surface area contributed by atoms with Crippen LogP contribution in [0.3, 0.4) is 0 Å². The molecule has 0 radical (unpaired) electrons. The Kier molecular flexibility index (Phi) is 6.35. The standard InChI is InChI=1S/C13H20O6/c1-9-4-3-5-10(11(19-9)8-12(14)15)18-7-6-13(16)17-2/h6-7,9-11H,3-5,8H2,1-2H3,(H,14,15)/b7-6+/t9-,10-,11+/m0/s1. The molecule has 1 aliphatic rings. The third kappa shape index (κ3) is 5.74. The Morgan fingerprint density at radius 3 is 2.79 bits per heavy atom. The second-order valence-corrected chi connectivity index (χ2v) is 4.51. The number of ether oxygens (including phenoxy) is 3. The summed E-state index contributed by atoms with van der Waals surface area (Å²) in [6, 6.07) is 0. The highest BCUT2D eigenvalue weighted by Gasteiger charge is 2.30. The van der Waals surface area contributed by atoms with Crippen LogP contribution in [0.4, 0.5) is 0 Å². The van der Waals surface area contributed by atoms with E-state index in [1.54, 1.807) is 0 Å². The van der Waals surface area contributed by atoms with Gasteiger partial charge in [-0.15, -0.1) is 0 Å². The van der Waals surface area contributed by atoms with Crippen LogP contribution in [0, 0.1) is 0 Å². The zero-order valence-electron chi connectivity index (χ0n) is 11.2. The molecule has 3 atom stereocenters. The van der Waals surface area contributed by atoms with E-state index >= 15 is 0 Å². The average Bonchev–Trinajstić information content (AvgIpc) is 2.50. The molecule has 19 heavy (non-hydrogen) atoms. The molecule has 0 amide bonds. The Morgan fingerprint density at radius 2 is 2.16 bits per heavy atom. The summed E-state index contributed by atoms with van der Waals surface area (Å²) in [4.78, 5) is 21.8. The summed E-state index contributed by atoms with van der Waals surface area (Å²) in [7, 11) is 1.27. The fraction of sp³-hybridized carbons (Fsp3) is 0.692. The molecule has 1 aliphatic heterocycles. The van der Waals surface area contributed by atoms with E-state index in [2.05, 4.69) is 4.74 Å². The highest BCUT2D eigenvalue weighted by atomic mass is 16.5. The number of aliphatic carboxylic acids is 1. The molecule has 1 N–H and O–H groups in total. The van der Waals surface area contributed by atoms with Gasteiger partial charge in [-0.1, -0.05) is 0 Å². The third-order valence-corrected chi connectivity index (χ3v) is 2.96. The van der Waals surface area contributed by atoms with Gasteiger partial charge in [-0.05, 0) is 26.2 Å². The molecule has 6 heteroatoms. The lowest BCUT2D eigenvalue weighted by Gasteiger charge is -2.24. The highest BCUT2D eigenvalue weighted by molar-refractivity contribution is 5.81. The van der Waals surface area contributed by atoms with Crippen molar-refractivity contribution in [2.45, 2.75) is 50.9 Å². The van der Waals surface area contributed by atoms with Gasteiger partial charge in [0.1, 0.15) is 12.2 Å². The first-order chi connectivity index (χ1) is 9.02. The molecule has 0 aromatic heterocycles. The second-order valence-electron chi connectivity index (χ2n) is 4.51. The Labute approximate surface area is 112 Å². The van der Waals surface area contributed by atoms with Crippen LogP contribution < -0.4 is 0 Å². The van der Waals surface area contributed by atoms with E-state index in [9.17, 15) is 9.59 Å². The van der Waals surface area contributed by atoms with Crippen LogP contribution in [0.1, 0.15) is 32.6 Å². The van der Waals surface area contributed by atoms with Crippen LogP contribution in [-0.2, 0) is 23.8 Å². The second kappa shape index (κ2) is 7.78. The Morgan fingerprint density at radius 1 is 1.42 bits per heavy atom. The van der Waals surface area contributed by atoms with Crippen molar-refractivity contribution in [1.82, 2.24) is 0 Å². The summed E-state index contributed by atoms with van der Waals surface area (Å²) < 4.78 is 15.5. The van der Waals surface area contributed by atoms with Crippen molar-refractivity contribution in [1.29, 1.82) is 0 Å². The largest absolute Gasteiger partial charge is 0.495 e. The monoisotopic (exact) mass is 272 g/mol. The maximum absolute atomic E-state index is 10.9. The molecule has 1 saturated heterocycles. The topological polar surface area (TPSA) is 82.1 Å². The minimum absolute atomic E-state index is 0.0162. The number of carboxylic acids is 1.